The molecule has 6 fully saturated rings. The molecule has 0 N–H and O–H groups in total. The Morgan fingerprint density at radius 1 is 1.14 bits per heavy atom. The van der Waals surface area contributed by atoms with Gasteiger partial charge in [0.1, 0.15) is 11.9 Å². The maximum Gasteiger partial charge on any atom is 0.282 e. The van der Waals surface area contributed by atoms with E-state index in [0.717, 1.165) is 44.9 Å². The van der Waals surface area contributed by atoms with Crippen LogP contribution in [0.15, 0.2) is 0 Å². The molecule has 4 saturated heterocycles. The van der Waals surface area contributed by atoms with Crippen molar-refractivity contribution in [1.82, 2.24) is 0 Å². The fourth-order valence-corrected chi connectivity index (χ4v) is 7.32. The third-order valence-electron chi connectivity index (χ3n) is 9.03. The minimum absolute atomic E-state index is 0.00717. The van der Waals surface area contributed by atoms with Crippen LogP contribution in [0, 0.1) is 22.7 Å². The fourth-order valence-electron chi connectivity index (χ4n) is 6.99. The van der Waals surface area contributed by atoms with Crippen LogP contribution in [0.2, 0.25) is 0 Å². The SMILES string of the molecule is CCCCC[C@@H]1O[C@H]1[C@@H]1[C@H]2CCC(=O)[C@@]12[C@@H](CCCCCC12OCC(C)(CO1)CO2)OC(=S)SC. The third kappa shape index (κ3) is 5.09. The molecule has 0 amide bonds. The lowest BCUT2D eigenvalue weighted by molar-refractivity contribution is -0.467. The van der Waals surface area contributed by atoms with E-state index in [1.165, 1.54) is 31.0 Å². The van der Waals surface area contributed by atoms with E-state index < -0.39 is 5.97 Å². The number of unbranched alkanes of at least 4 members (excludes halogenated alkanes) is 4. The van der Waals surface area contributed by atoms with Gasteiger partial charge in [-0.2, -0.15) is 0 Å². The van der Waals surface area contributed by atoms with Crippen molar-refractivity contribution < 1.29 is 28.5 Å². The van der Waals surface area contributed by atoms with Crippen molar-refractivity contribution in [2.45, 2.75) is 109 Å². The molecule has 0 radical (unpaired) electrons. The Hall–Kier alpha value is -0.250. The first kappa shape index (κ1) is 26.4. The molecule has 0 aromatic carbocycles. The van der Waals surface area contributed by atoms with Crippen LogP contribution in [0.5, 0.6) is 0 Å². The Bertz CT molecular complexity index is 780. The minimum Gasteiger partial charge on any atom is -0.474 e. The Kier molecular flexibility index (Phi) is 7.90. The summed E-state index contributed by atoms with van der Waals surface area (Å²) in [4.78, 5) is 13.3. The van der Waals surface area contributed by atoms with Crippen LogP contribution in [0.3, 0.4) is 0 Å². The van der Waals surface area contributed by atoms with Crippen LogP contribution >= 0.6 is 24.0 Å². The number of ketones is 1. The van der Waals surface area contributed by atoms with Crippen LogP contribution < -0.4 is 0 Å². The number of hydrogen-bond acceptors (Lipinski definition) is 8. The highest BCUT2D eigenvalue weighted by molar-refractivity contribution is 8.22. The standard InChI is InChI=1S/C27H42O6S2/c1-4-5-7-10-19-23(32-19)22-18-12-13-20(28)27(18,22)21(33-24(34)35-3)11-8-6-9-14-26-29-15-25(2,16-30-26)17-31-26/h18-19,21-23H,4-17H2,1-3H3/t18-,19+,21-,22+,23-,25?,26?,27+/m1/s1. The monoisotopic (exact) mass is 526 g/mol. The van der Waals surface area contributed by atoms with Crippen LogP contribution in [0.4, 0.5) is 0 Å². The largest absolute Gasteiger partial charge is 0.474 e. The van der Waals surface area contributed by atoms with Crippen molar-refractivity contribution in [1.29, 1.82) is 0 Å². The molecule has 6 atom stereocenters. The lowest BCUT2D eigenvalue weighted by Gasteiger charge is -2.50. The van der Waals surface area contributed by atoms with Gasteiger partial charge in [-0.25, -0.2) is 0 Å². The highest BCUT2D eigenvalue weighted by atomic mass is 32.2. The molecule has 0 aromatic heterocycles. The summed E-state index contributed by atoms with van der Waals surface area (Å²) in [5.74, 6) is 0.249. The van der Waals surface area contributed by atoms with Crippen molar-refractivity contribution in [3.05, 3.63) is 0 Å². The fraction of sp³-hybridized carbons (Fsp3) is 0.926. The highest BCUT2D eigenvalue weighted by Gasteiger charge is 2.80. The molecule has 6 aliphatic rings. The van der Waals surface area contributed by atoms with Gasteiger partial charge in [0.2, 0.25) is 4.38 Å². The van der Waals surface area contributed by atoms with E-state index in [0.29, 0.717) is 54.3 Å². The smallest absolute Gasteiger partial charge is 0.282 e. The van der Waals surface area contributed by atoms with Gasteiger partial charge in [0, 0.05) is 24.2 Å². The van der Waals surface area contributed by atoms with Gasteiger partial charge in [-0.05, 0) is 56.5 Å². The molecular formula is C27H42O6S2. The molecular weight excluding hydrogens is 484 g/mol. The van der Waals surface area contributed by atoms with Crippen LogP contribution in [0.25, 0.3) is 0 Å². The van der Waals surface area contributed by atoms with E-state index in [1.807, 2.05) is 6.26 Å². The molecule has 4 heterocycles. The zero-order valence-corrected chi connectivity index (χ0v) is 23.2. The van der Waals surface area contributed by atoms with Crippen molar-refractivity contribution in [2.24, 2.45) is 22.7 Å². The summed E-state index contributed by atoms with van der Waals surface area (Å²) in [7, 11) is 0. The quantitative estimate of drug-likeness (QED) is 0.173. The summed E-state index contributed by atoms with van der Waals surface area (Å²) in [5.41, 5.74) is -0.387. The first-order valence-electron chi connectivity index (χ1n) is 13.7. The summed E-state index contributed by atoms with van der Waals surface area (Å²) in [6.45, 7) is 6.46. The molecule has 0 unspecified atom stereocenters. The van der Waals surface area contributed by atoms with Crippen molar-refractivity contribution in [2.75, 3.05) is 26.1 Å². The zero-order chi connectivity index (χ0) is 24.7. The number of carbonyl (C=O) groups excluding carboxylic acids is 1. The molecule has 35 heavy (non-hydrogen) atoms. The normalized spacial score (nSPS) is 42.1. The summed E-state index contributed by atoms with van der Waals surface area (Å²) in [6.07, 6.45) is 13.4. The van der Waals surface area contributed by atoms with Gasteiger partial charge in [-0.3, -0.25) is 4.79 Å². The second-order valence-corrected chi connectivity index (χ2v) is 13.1. The first-order chi connectivity index (χ1) is 16.9. The third-order valence-corrected chi connectivity index (χ3v) is 10.1. The van der Waals surface area contributed by atoms with Crippen molar-refractivity contribution in [3.8, 4) is 0 Å². The molecule has 6 nitrogen and oxygen atoms in total. The van der Waals surface area contributed by atoms with Gasteiger partial charge < -0.3 is 23.7 Å². The second kappa shape index (κ2) is 10.5. The summed E-state index contributed by atoms with van der Waals surface area (Å²) in [6, 6.07) is 0. The molecule has 2 bridgehead atoms. The Morgan fingerprint density at radius 2 is 1.89 bits per heavy atom. The zero-order valence-electron chi connectivity index (χ0n) is 21.6. The number of hydrogen-bond donors (Lipinski definition) is 0. The molecule has 8 heteroatoms. The summed E-state index contributed by atoms with van der Waals surface area (Å²) < 4.78 is 30.8. The highest BCUT2D eigenvalue weighted by Crippen LogP contribution is 2.73. The Morgan fingerprint density at radius 3 is 2.57 bits per heavy atom. The number of ether oxygens (including phenoxy) is 5. The van der Waals surface area contributed by atoms with Crippen LogP contribution in [-0.4, -0.2) is 60.5 Å². The van der Waals surface area contributed by atoms with E-state index in [9.17, 15) is 4.79 Å². The number of thioether (sulfide) groups is 1. The van der Waals surface area contributed by atoms with Gasteiger partial charge in [-0.1, -0.05) is 51.3 Å². The van der Waals surface area contributed by atoms with Crippen LogP contribution in [0.1, 0.15) is 84.5 Å². The molecule has 4 aliphatic heterocycles. The average Bonchev–Trinajstić information content (AvgIpc) is 3.74. The van der Waals surface area contributed by atoms with Crippen LogP contribution in [-0.2, 0) is 28.5 Å². The minimum atomic E-state index is -0.850. The van der Waals surface area contributed by atoms with E-state index in [1.54, 1.807) is 0 Å². The van der Waals surface area contributed by atoms with Gasteiger partial charge in [0.15, 0.2) is 0 Å². The lowest BCUT2D eigenvalue weighted by Crippen LogP contribution is -2.58. The van der Waals surface area contributed by atoms with Crippen molar-refractivity contribution >= 4 is 34.1 Å². The topological polar surface area (TPSA) is 66.5 Å². The van der Waals surface area contributed by atoms with E-state index >= 15 is 0 Å². The maximum atomic E-state index is 13.3. The average molecular weight is 527 g/mol. The predicted octanol–water partition coefficient (Wildman–Crippen LogP) is 5.65. The predicted molar refractivity (Wildman–Crippen MR) is 139 cm³/mol. The van der Waals surface area contributed by atoms with E-state index in [-0.39, 0.29) is 23.0 Å². The lowest BCUT2D eigenvalue weighted by atomic mass is 9.86. The number of fused-ring (bicyclic) bond motifs is 4. The van der Waals surface area contributed by atoms with Gasteiger partial charge in [0.05, 0.1) is 37.4 Å². The molecule has 2 saturated carbocycles. The number of rotatable bonds is 13. The summed E-state index contributed by atoms with van der Waals surface area (Å²) in [5, 5.41) is 0. The van der Waals surface area contributed by atoms with Gasteiger partial charge >= 0.3 is 0 Å². The second-order valence-electron chi connectivity index (χ2n) is 11.7. The molecule has 0 spiro atoms. The van der Waals surface area contributed by atoms with Gasteiger partial charge in [0.25, 0.3) is 5.97 Å². The number of Topliss-reactive ketones (excluding diaryl/α,β-unsaturated/α-hetero) is 1. The molecule has 6 rings (SSSR count). The molecule has 2 aliphatic carbocycles. The Balaban J connectivity index is 1.16. The number of thiocarbonyl (C=S) groups is 1. The van der Waals surface area contributed by atoms with E-state index in [2.05, 4.69) is 13.8 Å². The van der Waals surface area contributed by atoms with Crippen molar-refractivity contribution in [3.63, 3.8) is 0 Å². The van der Waals surface area contributed by atoms with E-state index in [4.69, 9.17) is 35.9 Å². The molecule has 198 valence electrons. The number of epoxide rings is 1. The van der Waals surface area contributed by atoms with Gasteiger partial charge in [-0.15, -0.1) is 0 Å². The summed E-state index contributed by atoms with van der Waals surface area (Å²) >= 11 is 6.92. The maximum absolute atomic E-state index is 13.3. The Labute approximate surface area is 219 Å². The molecule has 0 aromatic rings. The number of carbonyl (C=O) groups is 1. The first-order valence-corrected chi connectivity index (χ1v) is 15.4.